The number of hydrogen-bond donors (Lipinski definition) is 0. The molecule has 0 aliphatic carbocycles. The van der Waals surface area contributed by atoms with Crippen LogP contribution >= 0.6 is 11.6 Å². The second-order valence-electron chi connectivity index (χ2n) is 4.15. The molecule has 0 spiro atoms. The lowest BCUT2D eigenvalue weighted by Gasteiger charge is -2.15. The summed E-state index contributed by atoms with van der Waals surface area (Å²) in [5.41, 5.74) is 2.23. The monoisotopic (exact) mass is 250 g/mol. The molecule has 0 radical (unpaired) electrons. The van der Waals surface area contributed by atoms with Gasteiger partial charge in [0.2, 0.25) is 0 Å². The third-order valence-electron chi connectivity index (χ3n) is 2.49. The quantitative estimate of drug-likeness (QED) is 0.780. The van der Waals surface area contributed by atoms with Gasteiger partial charge in [0.05, 0.1) is 6.20 Å². The lowest BCUT2D eigenvalue weighted by atomic mass is 10.2. The van der Waals surface area contributed by atoms with Crippen LogP contribution in [0.5, 0.6) is 0 Å². The van der Waals surface area contributed by atoms with Gasteiger partial charge in [-0.05, 0) is 13.1 Å². The molecule has 0 aliphatic heterocycles. The minimum atomic E-state index is 0.575. The summed E-state index contributed by atoms with van der Waals surface area (Å²) in [7, 11) is 3.97. The van der Waals surface area contributed by atoms with Gasteiger partial charge in [-0.25, -0.2) is 4.98 Å². The lowest BCUT2D eigenvalue weighted by Crippen LogP contribution is -2.17. The number of halogens is 1. The predicted octanol–water partition coefficient (Wildman–Crippen LogP) is 2.10. The van der Waals surface area contributed by atoms with Crippen LogP contribution in [0.15, 0.2) is 30.7 Å². The zero-order chi connectivity index (χ0) is 12.3. The van der Waals surface area contributed by atoms with Crippen LogP contribution < -0.4 is 0 Å². The van der Waals surface area contributed by atoms with Crippen molar-refractivity contribution in [2.75, 3.05) is 7.05 Å². The summed E-state index contributed by atoms with van der Waals surface area (Å²) >= 11 is 6.02. The van der Waals surface area contributed by atoms with Crippen molar-refractivity contribution in [1.29, 1.82) is 0 Å². The minimum absolute atomic E-state index is 0.575. The molecule has 0 N–H and O–H groups in total. The van der Waals surface area contributed by atoms with Gasteiger partial charge in [-0.2, -0.15) is 5.10 Å². The van der Waals surface area contributed by atoms with E-state index in [1.54, 1.807) is 10.9 Å². The van der Waals surface area contributed by atoms with Gasteiger partial charge in [0.25, 0.3) is 0 Å². The van der Waals surface area contributed by atoms with Crippen LogP contribution in [-0.2, 0) is 20.1 Å². The Kier molecular flexibility index (Phi) is 3.76. The molecule has 0 aliphatic rings. The van der Waals surface area contributed by atoms with Crippen LogP contribution in [0, 0.1) is 0 Å². The maximum Gasteiger partial charge on any atom is 0.133 e. The number of pyridine rings is 1. The first-order chi connectivity index (χ1) is 8.15. The van der Waals surface area contributed by atoms with Gasteiger partial charge in [-0.15, -0.1) is 0 Å². The maximum atomic E-state index is 6.02. The topological polar surface area (TPSA) is 34.0 Å². The highest BCUT2D eigenvalue weighted by Gasteiger charge is 2.06. The summed E-state index contributed by atoms with van der Waals surface area (Å²) < 4.78 is 1.81. The van der Waals surface area contributed by atoms with Gasteiger partial charge in [-0.1, -0.05) is 17.7 Å². The molecule has 2 heterocycles. The highest BCUT2D eigenvalue weighted by molar-refractivity contribution is 6.30. The highest BCUT2D eigenvalue weighted by Crippen LogP contribution is 2.14. The first-order valence-corrected chi connectivity index (χ1v) is 5.78. The Hall–Kier alpha value is -1.39. The van der Waals surface area contributed by atoms with E-state index in [1.165, 1.54) is 5.56 Å². The average Bonchev–Trinajstić information content (AvgIpc) is 2.67. The Balaban J connectivity index is 1.98. The van der Waals surface area contributed by atoms with E-state index in [4.69, 9.17) is 11.6 Å². The third kappa shape index (κ3) is 3.28. The van der Waals surface area contributed by atoms with Crippen LogP contribution in [0.1, 0.15) is 11.1 Å². The van der Waals surface area contributed by atoms with Gasteiger partial charge in [-0.3, -0.25) is 9.58 Å². The van der Waals surface area contributed by atoms with Crippen molar-refractivity contribution in [3.05, 3.63) is 47.0 Å². The Labute approximate surface area is 106 Å². The summed E-state index contributed by atoms with van der Waals surface area (Å²) in [6, 6.07) is 3.90. The van der Waals surface area contributed by atoms with Crippen molar-refractivity contribution in [2.24, 2.45) is 7.05 Å². The van der Waals surface area contributed by atoms with E-state index in [0.717, 1.165) is 18.7 Å². The summed E-state index contributed by atoms with van der Waals surface area (Å²) in [5.74, 6) is 0. The van der Waals surface area contributed by atoms with E-state index >= 15 is 0 Å². The van der Waals surface area contributed by atoms with Gasteiger partial charge in [0.15, 0.2) is 0 Å². The van der Waals surface area contributed by atoms with Crippen molar-refractivity contribution >= 4 is 11.6 Å². The molecule has 0 fully saturated rings. The zero-order valence-corrected chi connectivity index (χ0v) is 10.7. The number of hydrogen-bond acceptors (Lipinski definition) is 3. The molecule has 5 heteroatoms. The van der Waals surface area contributed by atoms with E-state index in [-0.39, 0.29) is 0 Å². The molecule has 0 amide bonds. The Morgan fingerprint density at radius 2 is 2.24 bits per heavy atom. The largest absolute Gasteiger partial charge is 0.298 e. The molecule has 0 unspecified atom stereocenters. The minimum Gasteiger partial charge on any atom is -0.298 e. The standard InChI is InChI=1S/C12H15ClN4/c1-16(7-10-6-15-17(2)8-10)9-11-4-3-5-14-12(11)13/h3-6,8H,7,9H2,1-2H3. The number of nitrogens with zero attached hydrogens (tertiary/aromatic N) is 4. The maximum absolute atomic E-state index is 6.02. The van der Waals surface area contributed by atoms with Crippen molar-refractivity contribution in [3.8, 4) is 0 Å². The molecule has 4 nitrogen and oxygen atoms in total. The van der Waals surface area contributed by atoms with Gasteiger partial charge in [0, 0.05) is 43.7 Å². The molecule has 17 heavy (non-hydrogen) atoms. The molecule has 0 atom stereocenters. The third-order valence-corrected chi connectivity index (χ3v) is 2.83. The van der Waals surface area contributed by atoms with Crippen LogP contribution in [0.3, 0.4) is 0 Å². The second-order valence-corrected chi connectivity index (χ2v) is 4.51. The molecular formula is C12H15ClN4. The fraction of sp³-hybridized carbons (Fsp3) is 0.333. The second kappa shape index (κ2) is 5.29. The van der Waals surface area contributed by atoms with Crippen LogP contribution in [0.2, 0.25) is 5.15 Å². The van der Waals surface area contributed by atoms with Crippen molar-refractivity contribution in [3.63, 3.8) is 0 Å². The van der Waals surface area contributed by atoms with Crippen molar-refractivity contribution < 1.29 is 0 Å². The number of aryl methyl sites for hydroxylation is 1. The lowest BCUT2D eigenvalue weighted by molar-refractivity contribution is 0.318. The molecule has 0 bridgehead atoms. The molecule has 0 aromatic carbocycles. The molecule has 0 saturated heterocycles. The molecular weight excluding hydrogens is 236 g/mol. The summed E-state index contributed by atoms with van der Waals surface area (Å²) in [5, 5.41) is 4.72. The molecule has 0 saturated carbocycles. The molecule has 2 aromatic heterocycles. The first kappa shape index (κ1) is 12.1. The Morgan fingerprint density at radius 3 is 2.88 bits per heavy atom. The Morgan fingerprint density at radius 1 is 1.41 bits per heavy atom. The smallest absolute Gasteiger partial charge is 0.133 e. The molecule has 90 valence electrons. The van der Waals surface area contributed by atoms with Crippen LogP contribution in [-0.4, -0.2) is 26.7 Å². The van der Waals surface area contributed by atoms with E-state index in [9.17, 15) is 0 Å². The zero-order valence-electron chi connectivity index (χ0n) is 9.97. The van der Waals surface area contributed by atoms with E-state index in [1.807, 2.05) is 31.6 Å². The van der Waals surface area contributed by atoms with Crippen molar-refractivity contribution in [2.45, 2.75) is 13.1 Å². The van der Waals surface area contributed by atoms with Crippen LogP contribution in [0.25, 0.3) is 0 Å². The fourth-order valence-electron chi connectivity index (χ4n) is 1.75. The van der Waals surface area contributed by atoms with Gasteiger partial charge in [0.1, 0.15) is 5.15 Å². The fourth-order valence-corrected chi connectivity index (χ4v) is 1.93. The number of aromatic nitrogens is 3. The van der Waals surface area contributed by atoms with E-state index in [2.05, 4.69) is 22.0 Å². The van der Waals surface area contributed by atoms with Crippen LogP contribution in [0.4, 0.5) is 0 Å². The molecule has 2 aromatic rings. The predicted molar refractivity (Wildman–Crippen MR) is 67.6 cm³/mol. The van der Waals surface area contributed by atoms with E-state index < -0.39 is 0 Å². The van der Waals surface area contributed by atoms with Gasteiger partial charge >= 0.3 is 0 Å². The summed E-state index contributed by atoms with van der Waals surface area (Å²) in [4.78, 5) is 6.25. The normalized spacial score (nSPS) is 11.1. The van der Waals surface area contributed by atoms with Crippen molar-refractivity contribution in [1.82, 2.24) is 19.7 Å². The first-order valence-electron chi connectivity index (χ1n) is 5.40. The van der Waals surface area contributed by atoms with E-state index in [0.29, 0.717) is 5.15 Å². The number of rotatable bonds is 4. The average molecular weight is 251 g/mol. The SMILES string of the molecule is CN(Cc1cnn(C)c1)Cc1cccnc1Cl. The summed E-state index contributed by atoms with van der Waals surface area (Å²) in [6.07, 6.45) is 5.59. The highest BCUT2D eigenvalue weighted by atomic mass is 35.5. The molecule has 2 rings (SSSR count). The van der Waals surface area contributed by atoms with Gasteiger partial charge < -0.3 is 0 Å². The Bertz CT molecular complexity index is 495. The summed E-state index contributed by atoms with van der Waals surface area (Å²) in [6.45, 7) is 1.63.